The van der Waals surface area contributed by atoms with Gasteiger partial charge in [-0.05, 0) is 34.8 Å². The zero-order valence-corrected chi connectivity index (χ0v) is 16.5. The largest absolute Gasteiger partial charge is 0.283 e. The molecule has 0 saturated carbocycles. The fourth-order valence-corrected chi connectivity index (χ4v) is 3.41. The topological polar surface area (TPSA) is 56.5 Å². The smallest absolute Gasteiger partial charge is 0.266 e. The first-order chi connectivity index (χ1) is 12.9. The Morgan fingerprint density at radius 3 is 2.37 bits per heavy atom. The van der Waals surface area contributed by atoms with Gasteiger partial charge in [-0.15, -0.1) is 0 Å². The number of aliphatic imine (C=N–C) groups is 1. The van der Waals surface area contributed by atoms with Gasteiger partial charge in [0.25, 0.3) is 5.91 Å². The number of hydrogen-bond donors (Lipinski definition) is 0. The number of carbonyl (C=O) groups excluding carboxylic acids is 1. The van der Waals surface area contributed by atoms with Crippen LogP contribution in [-0.4, -0.2) is 16.8 Å². The van der Waals surface area contributed by atoms with Gasteiger partial charge in [0, 0.05) is 0 Å². The number of rotatable bonds is 3. The van der Waals surface area contributed by atoms with Crippen molar-refractivity contribution in [2.75, 3.05) is 10.7 Å². The summed E-state index contributed by atoms with van der Waals surface area (Å²) in [7, 11) is 0. The number of hydrogen-bond acceptors (Lipinski definition) is 4. The number of nitrogens with zero attached hydrogens (tertiary/aromatic N) is 3. The second-order valence-corrected chi connectivity index (χ2v) is 8.16. The lowest BCUT2D eigenvalue weighted by atomic mass is 9.87. The Kier molecular flexibility index (Phi) is 5.48. The Bertz CT molecular complexity index is 932. The van der Waals surface area contributed by atoms with E-state index in [0.717, 1.165) is 11.3 Å². The Morgan fingerprint density at radius 2 is 1.78 bits per heavy atom. The third kappa shape index (κ3) is 4.29. The van der Waals surface area contributed by atoms with Crippen LogP contribution in [0.2, 0.25) is 0 Å². The number of para-hydroxylation sites is 1. The van der Waals surface area contributed by atoms with E-state index in [9.17, 15) is 4.79 Å². The maximum atomic E-state index is 13.0. The molecule has 1 aliphatic heterocycles. The number of thioether (sulfide) groups is 1. The van der Waals surface area contributed by atoms with E-state index >= 15 is 0 Å². The second-order valence-electron chi connectivity index (χ2n) is 7.22. The first-order valence-electron chi connectivity index (χ1n) is 8.70. The molecule has 3 rings (SSSR count). The Hall–Kier alpha value is -2.84. The molecular formula is C22H21N3OS. The van der Waals surface area contributed by atoms with Crippen molar-refractivity contribution < 1.29 is 4.79 Å². The van der Waals surface area contributed by atoms with Gasteiger partial charge in [0.15, 0.2) is 5.17 Å². The minimum Gasteiger partial charge on any atom is -0.266 e. The SMILES string of the molecule is CC(C)(C)c1ccc(/C=C2/N=C(SCC#N)N(c3ccccc3)C2=O)cc1. The molecule has 136 valence electrons. The molecule has 0 spiro atoms. The molecule has 2 aromatic rings. The maximum absolute atomic E-state index is 13.0. The summed E-state index contributed by atoms with van der Waals surface area (Å²) in [4.78, 5) is 19.0. The van der Waals surface area contributed by atoms with Crippen LogP contribution in [0, 0.1) is 11.3 Å². The number of benzene rings is 2. The fraction of sp³-hybridized carbons (Fsp3) is 0.227. The summed E-state index contributed by atoms with van der Waals surface area (Å²) < 4.78 is 0. The van der Waals surface area contributed by atoms with Crippen molar-refractivity contribution >= 4 is 34.6 Å². The molecule has 0 aliphatic carbocycles. The summed E-state index contributed by atoms with van der Waals surface area (Å²) in [5.41, 5.74) is 3.37. The fourth-order valence-electron chi connectivity index (χ4n) is 2.73. The molecule has 0 aromatic heterocycles. The molecule has 1 heterocycles. The number of amides is 1. The van der Waals surface area contributed by atoms with Gasteiger partial charge >= 0.3 is 0 Å². The standard InChI is InChI=1S/C22H21N3OS/c1-22(2,3)17-11-9-16(10-12-17)15-19-20(26)25(18-7-5-4-6-8-18)21(24-19)27-14-13-23/h4-12,15H,14H2,1-3H3/b19-15+. The minimum atomic E-state index is -0.179. The van der Waals surface area contributed by atoms with E-state index < -0.39 is 0 Å². The molecule has 2 aromatic carbocycles. The van der Waals surface area contributed by atoms with Crippen molar-refractivity contribution in [3.05, 3.63) is 71.4 Å². The van der Waals surface area contributed by atoms with E-state index in [2.05, 4.69) is 44.0 Å². The molecule has 0 bridgehead atoms. The van der Waals surface area contributed by atoms with E-state index in [-0.39, 0.29) is 17.1 Å². The van der Waals surface area contributed by atoms with E-state index in [1.165, 1.54) is 17.3 Å². The predicted molar refractivity (Wildman–Crippen MR) is 113 cm³/mol. The van der Waals surface area contributed by atoms with Crippen molar-refractivity contribution in [1.29, 1.82) is 5.26 Å². The molecule has 5 heteroatoms. The summed E-state index contributed by atoms with van der Waals surface area (Å²) >= 11 is 1.26. The van der Waals surface area contributed by atoms with E-state index in [1.54, 1.807) is 11.0 Å². The second kappa shape index (κ2) is 7.81. The lowest BCUT2D eigenvalue weighted by molar-refractivity contribution is -0.113. The van der Waals surface area contributed by atoms with Crippen LogP contribution in [0.1, 0.15) is 31.9 Å². The number of amidine groups is 1. The average molecular weight is 375 g/mol. The quantitative estimate of drug-likeness (QED) is 0.711. The van der Waals surface area contributed by atoms with Gasteiger partial charge in [-0.25, -0.2) is 4.99 Å². The Morgan fingerprint density at radius 1 is 1.11 bits per heavy atom. The highest BCUT2D eigenvalue weighted by atomic mass is 32.2. The van der Waals surface area contributed by atoms with Gasteiger partial charge in [0.1, 0.15) is 5.70 Å². The van der Waals surface area contributed by atoms with Crippen molar-refractivity contribution in [2.24, 2.45) is 4.99 Å². The van der Waals surface area contributed by atoms with Gasteiger partial charge < -0.3 is 0 Å². The highest BCUT2D eigenvalue weighted by Gasteiger charge is 2.31. The molecule has 0 fully saturated rings. The van der Waals surface area contributed by atoms with Gasteiger partial charge in [-0.3, -0.25) is 9.69 Å². The number of carbonyl (C=O) groups is 1. The zero-order chi connectivity index (χ0) is 19.4. The normalized spacial score (nSPS) is 15.8. The summed E-state index contributed by atoms with van der Waals surface area (Å²) in [5, 5.41) is 9.43. The van der Waals surface area contributed by atoms with E-state index in [1.807, 2.05) is 42.5 Å². The van der Waals surface area contributed by atoms with Crippen LogP contribution in [0.4, 0.5) is 5.69 Å². The van der Waals surface area contributed by atoms with Crippen molar-refractivity contribution in [1.82, 2.24) is 0 Å². The van der Waals surface area contributed by atoms with Crippen LogP contribution in [0.3, 0.4) is 0 Å². The molecule has 0 radical (unpaired) electrons. The minimum absolute atomic E-state index is 0.0816. The van der Waals surface area contributed by atoms with Gasteiger partial charge in [-0.2, -0.15) is 5.26 Å². The van der Waals surface area contributed by atoms with Gasteiger partial charge in [-0.1, -0.05) is 75.0 Å². The molecule has 1 amide bonds. The zero-order valence-electron chi connectivity index (χ0n) is 15.6. The molecule has 0 unspecified atom stereocenters. The first-order valence-corrected chi connectivity index (χ1v) is 9.69. The summed E-state index contributed by atoms with van der Waals surface area (Å²) in [6.07, 6.45) is 1.80. The van der Waals surface area contributed by atoms with Crippen LogP contribution >= 0.6 is 11.8 Å². The molecule has 4 nitrogen and oxygen atoms in total. The van der Waals surface area contributed by atoms with Gasteiger partial charge in [0.05, 0.1) is 17.5 Å². The van der Waals surface area contributed by atoms with Crippen molar-refractivity contribution in [2.45, 2.75) is 26.2 Å². The lowest BCUT2D eigenvalue weighted by Gasteiger charge is -2.18. The summed E-state index contributed by atoms with van der Waals surface area (Å²) in [5.74, 6) is 0.0600. The highest BCUT2D eigenvalue weighted by molar-refractivity contribution is 8.14. The monoisotopic (exact) mass is 375 g/mol. The van der Waals surface area contributed by atoms with Crippen molar-refractivity contribution in [3.8, 4) is 6.07 Å². The van der Waals surface area contributed by atoms with E-state index in [4.69, 9.17) is 5.26 Å². The Labute approximate surface area is 164 Å². The number of anilines is 1. The molecule has 0 saturated heterocycles. The average Bonchev–Trinajstić information content (AvgIpc) is 2.96. The van der Waals surface area contributed by atoms with Crippen LogP contribution in [0.5, 0.6) is 0 Å². The van der Waals surface area contributed by atoms with Crippen molar-refractivity contribution in [3.63, 3.8) is 0 Å². The van der Waals surface area contributed by atoms with Crippen LogP contribution < -0.4 is 4.90 Å². The predicted octanol–water partition coefficient (Wildman–Crippen LogP) is 4.98. The van der Waals surface area contributed by atoms with Crippen LogP contribution in [0.15, 0.2) is 65.3 Å². The molecule has 0 N–H and O–H groups in total. The van der Waals surface area contributed by atoms with Gasteiger partial charge in [0.2, 0.25) is 0 Å². The third-order valence-corrected chi connectivity index (χ3v) is 5.00. The van der Waals surface area contributed by atoms with Crippen LogP contribution in [0.25, 0.3) is 6.08 Å². The summed E-state index contributed by atoms with van der Waals surface area (Å²) in [6.45, 7) is 6.51. The molecule has 0 atom stereocenters. The Balaban J connectivity index is 1.93. The lowest BCUT2D eigenvalue weighted by Crippen LogP contribution is -2.30. The molecule has 27 heavy (non-hydrogen) atoms. The highest BCUT2D eigenvalue weighted by Crippen LogP contribution is 2.29. The number of nitriles is 1. The van der Waals surface area contributed by atoms with Crippen LogP contribution in [-0.2, 0) is 10.2 Å². The molecule has 1 aliphatic rings. The maximum Gasteiger partial charge on any atom is 0.283 e. The first kappa shape index (κ1) is 18.9. The summed E-state index contributed by atoms with van der Waals surface area (Å²) in [6, 6.07) is 19.6. The third-order valence-electron chi connectivity index (χ3n) is 4.19. The van der Waals surface area contributed by atoms with E-state index in [0.29, 0.717) is 10.9 Å². The molecular weight excluding hydrogens is 354 g/mol.